The molecule has 0 fully saturated rings. The molecule has 0 aromatic heterocycles. The second-order valence-electron chi connectivity index (χ2n) is 7.92. The molecule has 0 aliphatic heterocycles. The third-order valence-corrected chi connectivity index (χ3v) is 5.22. The maximum Gasteiger partial charge on any atom is 0.243 e. The topological polar surface area (TPSA) is 101 Å². The summed E-state index contributed by atoms with van der Waals surface area (Å²) in [4.78, 5) is 37.0. The van der Waals surface area contributed by atoms with Crippen molar-refractivity contribution < 1.29 is 14.4 Å². The monoisotopic (exact) mass is 393 g/mol. The summed E-state index contributed by atoms with van der Waals surface area (Å²) in [7, 11) is 0. The van der Waals surface area contributed by atoms with Gasteiger partial charge in [-0.15, -0.1) is 0 Å². The molecule has 0 spiro atoms. The Balaban J connectivity index is 1.95. The van der Waals surface area contributed by atoms with E-state index in [4.69, 9.17) is 5.73 Å². The lowest BCUT2D eigenvalue weighted by atomic mass is 9.88. The molecule has 0 saturated carbocycles. The number of amides is 3. The first-order valence-electron chi connectivity index (χ1n) is 9.84. The third-order valence-electron chi connectivity index (χ3n) is 5.22. The summed E-state index contributed by atoms with van der Waals surface area (Å²) in [5.74, 6) is -1.49. The van der Waals surface area contributed by atoms with Gasteiger partial charge in [0.25, 0.3) is 0 Å². The number of hydrogen-bond acceptors (Lipinski definition) is 3. The Labute approximate surface area is 170 Å². The number of nitrogens with two attached hydrogens (primary N) is 1. The van der Waals surface area contributed by atoms with Crippen molar-refractivity contribution in [2.75, 3.05) is 0 Å². The van der Waals surface area contributed by atoms with Crippen LogP contribution in [0.2, 0.25) is 0 Å². The van der Waals surface area contributed by atoms with Gasteiger partial charge in [0, 0.05) is 12.8 Å². The van der Waals surface area contributed by atoms with Gasteiger partial charge < -0.3 is 16.4 Å². The van der Waals surface area contributed by atoms with Crippen LogP contribution in [0, 0.1) is 5.92 Å². The predicted octanol–water partition coefficient (Wildman–Crippen LogP) is 2.32. The van der Waals surface area contributed by atoms with Crippen molar-refractivity contribution in [1.82, 2.24) is 10.6 Å². The Bertz CT molecular complexity index is 893. The van der Waals surface area contributed by atoms with Gasteiger partial charge in [0.15, 0.2) is 0 Å². The largest absolute Gasteiger partial charge is 0.368 e. The minimum atomic E-state index is -0.921. The van der Waals surface area contributed by atoms with Crippen molar-refractivity contribution in [3.8, 4) is 11.1 Å². The number of fused-ring (bicyclic) bond motifs is 3. The lowest BCUT2D eigenvalue weighted by Gasteiger charge is -2.27. The van der Waals surface area contributed by atoms with Gasteiger partial charge in [0.2, 0.25) is 17.7 Å². The Morgan fingerprint density at radius 3 is 1.90 bits per heavy atom. The number of hydrogen-bond donors (Lipinski definition) is 3. The van der Waals surface area contributed by atoms with E-state index in [1.54, 1.807) is 0 Å². The molecule has 3 amide bonds. The first-order valence-corrected chi connectivity index (χ1v) is 9.84. The minimum absolute atomic E-state index is 0.192. The number of nitrogens with one attached hydrogen (secondary N) is 2. The van der Waals surface area contributed by atoms with E-state index in [-0.39, 0.29) is 17.7 Å². The molecule has 6 nitrogen and oxygen atoms in total. The molecule has 0 radical (unpaired) electrons. The number of carbonyl (C=O) groups excluding carboxylic acids is 3. The molecule has 29 heavy (non-hydrogen) atoms. The molecule has 2 aromatic rings. The molecule has 6 heteroatoms. The second-order valence-corrected chi connectivity index (χ2v) is 7.92. The summed E-state index contributed by atoms with van der Waals surface area (Å²) >= 11 is 0. The van der Waals surface area contributed by atoms with E-state index in [2.05, 4.69) is 10.6 Å². The van der Waals surface area contributed by atoms with Crippen LogP contribution in [0.4, 0.5) is 0 Å². The zero-order valence-electron chi connectivity index (χ0n) is 16.9. The van der Waals surface area contributed by atoms with Crippen LogP contribution in [-0.4, -0.2) is 29.8 Å². The average molecular weight is 393 g/mol. The molecule has 3 rings (SSSR count). The fraction of sp³-hybridized carbons (Fsp3) is 0.348. The summed E-state index contributed by atoms with van der Waals surface area (Å²) in [5, 5.41) is 5.50. The second kappa shape index (κ2) is 8.47. The van der Waals surface area contributed by atoms with Crippen molar-refractivity contribution in [1.29, 1.82) is 0 Å². The van der Waals surface area contributed by atoms with Crippen LogP contribution in [-0.2, 0) is 14.4 Å². The van der Waals surface area contributed by atoms with E-state index in [9.17, 15) is 14.4 Å². The maximum absolute atomic E-state index is 13.0. The summed E-state index contributed by atoms with van der Waals surface area (Å²) in [6.07, 6.45) is 0.467. The molecule has 0 heterocycles. The standard InChI is InChI=1S/C23H27N3O3/c1-13(2)12-19(25-14(3)27)23(29)26-21(22(24)28)20-17-10-6-4-8-15(17)16-9-5-7-11-18(16)20/h4-11,13,19-21H,12H2,1-3H3,(H2,24,28)(H,25,27)(H,26,29)/t19-,21-/m0/s1. The molecular formula is C23H27N3O3. The van der Waals surface area contributed by atoms with Crippen molar-refractivity contribution in [2.45, 2.75) is 45.2 Å². The summed E-state index contributed by atoms with van der Waals surface area (Å²) in [6.45, 7) is 5.31. The van der Waals surface area contributed by atoms with E-state index in [0.29, 0.717) is 6.42 Å². The van der Waals surface area contributed by atoms with Crippen LogP contribution < -0.4 is 16.4 Å². The Kier molecular flexibility index (Phi) is 6.01. The average Bonchev–Trinajstić information content (AvgIpc) is 2.99. The van der Waals surface area contributed by atoms with Gasteiger partial charge in [-0.3, -0.25) is 14.4 Å². The Hall–Kier alpha value is -3.15. The highest BCUT2D eigenvalue weighted by Gasteiger charge is 2.38. The highest BCUT2D eigenvalue weighted by molar-refractivity contribution is 5.93. The molecule has 0 saturated heterocycles. The van der Waals surface area contributed by atoms with Gasteiger partial charge >= 0.3 is 0 Å². The van der Waals surface area contributed by atoms with Crippen molar-refractivity contribution in [2.24, 2.45) is 11.7 Å². The summed E-state index contributed by atoms with van der Waals surface area (Å²) in [5.41, 5.74) is 9.73. The van der Waals surface area contributed by atoms with E-state index >= 15 is 0 Å². The van der Waals surface area contributed by atoms with Crippen LogP contribution in [0.25, 0.3) is 11.1 Å². The molecule has 2 aromatic carbocycles. The summed E-state index contributed by atoms with van der Waals surface area (Å²) in [6, 6.07) is 14.0. The SMILES string of the molecule is CC(=O)N[C@@H](CC(C)C)C(=O)N[C@H](C(N)=O)C1c2ccccc2-c2ccccc21. The molecule has 0 unspecified atom stereocenters. The van der Waals surface area contributed by atoms with Gasteiger partial charge in [-0.25, -0.2) is 0 Å². The highest BCUT2D eigenvalue weighted by Crippen LogP contribution is 2.46. The molecule has 1 aliphatic carbocycles. The zero-order valence-corrected chi connectivity index (χ0v) is 16.9. The van der Waals surface area contributed by atoms with E-state index in [1.807, 2.05) is 62.4 Å². The zero-order chi connectivity index (χ0) is 21.1. The molecule has 152 valence electrons. The summed E-state index contributed by atoms with van der Waals surface area (Å²) < 4.78 is 0. The molecule has 4 N–H and O–H groups in total. The van der Waals surface area contributed by atoms with E-state index < -0.39 is 23.9 Å². The van der Waals surface area contributed by atoms with Crippen LogP contribution in [0.5, 0.6) is 0 Å². The van der Waals surface area contributed by atoms with Crippen molar-refractivity contribution >= 4 is 17.7 Å². The highest BCUT2D eigenvalue weighted by atomic mass is 16.2. The molecular weight excluding hydrogens is 366 g/mol. The first-order chi connectivity index (χ1) is 13.8. The van der Waals surface area contributed by atoms with Crippen LogP contribution in [0.3, 0.4) is 0 Å². The first kappa shape index (κ1) is 20.6. The van der Waals surface area contributed by atoms with Gasteiger partial charge in [-0.05, 0) is 34.6 Å². The molecule has 2 atom stereocenters. The Morgan fingerprint density at radius 2 is 1.45 bits per heavy atom. The van der Waals surface area contributed by atoms with Gasteiger partial charge in [0.05, 0.1) is 0 Å². The lowest BCUT2D eigenvalue weighted by Crippen LogP contribution is -2.54. The number of benzene rings is 2. The van der Waals surface area contributed by atoms with Crippen LogP contribution in [0.1, 0.15) is 44.2 Å². The van der Waals surface area contributed by atoms with E-state index in [1.165, 1.54) is 6.92 Å². The fourth-order valence-corrected chi connectivity index (χ4v) is 4.07. The smallest absolute Gasteiger partial charge is 0.243 e. The number of primary amides is 1. The quantitative estimate of drug-likeness (QED) is 0.673. The fourth-order valence-electron chi connectivity index (χ4n) is 4.07. The Morgan fingerprint density at radius 1 is 0.931 bits per heavy atom. The number of rotatable bonds is 7. The van der Waals surface area contributed by atoms with Crippen molar-refractivity contribution in [3.63, 3.8) is 0 Å². The van der Waals surface area contributed by atoms with Gasteiger partial charge in [-0.2, -0.15) is 0 Å². The van der Waals surface area contributed by atoms with Gasteiger partial charge in [-0.1, -0.05) is 62.4 Å². The minimum Gasteiger partial charge on any atom is -0.368 e. The third kappa shape index (κ3) is 4.31. The number of carbonyl (C=O) groups is 3. The normalized spacial score (nSPS) is 14.6. The van der Waals surface area contributed by atoms with Crippen LogP contribution in [0.15, 0.2) is 48.5 Å². The molecule has 0 bridgehead atoms. The van der Waals surface area contributed by atoms with Crippen molar-refractivity contribution in [3.05, 3.63) is 59.7 Å². The molecule has 1 aliphatic rings. The van der Waals surface area contributed by atoms with Gasteiger partial charge in [0.1, 0.15) is 12.1 Å². The lowest BCUT2D eigenvalue weighted by molar-refractivity contribution is -0.131. The van der Waals surface area contributed by atoms with Crippen LogP contribution >= 0.6 is 0 Å². The maximum atomic E-state index is 13.0. The van der Waals surface area contributed by atoms with E-state index in [0.717, 1.165) is 22.3 Å². The predicted molar refractivity (Wildman–Crippen MR) is 112 cm³/mol.